The van der Waals surface area contributed by atoms with Crippen molar-refractivity contribution in [2.45, 2.75) is 31.6 Å². The van der Waals surface area contributed by atoms with E-state index in [2.05, 4.69) is 10.6 Å². The lowest BCUT2D eigenvalue weighted by atomic mass is 9.72. The van der Waals surface area contributed by atoms with Crippen molar-refractivity contribution in [2.75, 3.05) is 12.4 Å². The van der Waals surface area contributed by atoms with Crippen LogP contribution in [-0.4, -0.2) is 24.8 Å². The Hall–Kier alpha value is -3.22. The van der Waals surface area contributed by atoms with Crippen LogP contribution in [0.15, 0.2) is 42.5 Å². The molecule has 1 aliphatic heterocycles. The molecule has 6 nitrogen and oxygen atoms in total. The van der Waals surface area contributed by atoms with Gasteiger partial charge in [-0.15, -0.1) is 0 Å². The molecule has 1 aliphatic rings. The molecule has 3 rings (SSSR count). The lowest BCUT2D eigenvalue weighted by Crippen LogP contribution is -2.51. The Kier molecular flexibility index (Phi) is 5.44. The molecule has 1 saturated heterocycles. The van der Waals surface area contributed by atoms with E-state index in [1.165, 1.54) is 19.2 Å². The van der Waals surface area contributed by atoms with Crippen LogP contribution in [0.3, 0.4) is 0 Å². The molecule has 1 unspecified atom stereocenters. The van der Waals surface area contributed by atoms with Gasteiger partial charge in [0.1, 0.15) is 11.6 Å². The first-order valence-corrected chi connectivity index (χ1v) is 8.99. The maximum Gasteiger partial charge on any atom is 0.258 e. The van der Waals surface area contributed by atoms with E-state index in [0.29, 0.717) is 24.3 Å². The molecular weight excluding hydrogens is 363 g/mol. The average molecular weight is 384 g/mol. The number of carbonyl (C=O) groups excluding carboxylic acids is 3. The summed E-state index contributed by atoms with van der Waals surface area (Å²) in [5.41, 5.74) is 0.384. The number of ether oxygens (including phenoxy) is 1. The minimum absolute atomic E-state index is 0.0972. The zero-order valence-corrected chi connectivity index (χ0v) is 15.7. The Bertz CT molecular complexity index is 927. The molecule has 7 heteroatoms. The summed E-state index contributed by atoms with van der Waals surface area (Å²) in [6.45, 7) is 1.90. The molecule has 0 aromatic heterocycles. The van der Waals surface area contributed by atoms with Gasteiger partial charge >= 0.3 is 0 Å². The topological polar surface area (TPSA) is 84.5 Å². The van der Waals surface area contributed by atoms with Crippen molar-refractivity contribution in [2.24, 2.45) is 0 Å². The van der Waals surface area contributed by atoms with Gasteiger partial charge in [0, 0.05) is 18.2 Å². The highest BCUT2D eigenvalue weighted by Gasteiger charge is 2.42. The van der Waals surface area contributed by atoms with Crippen molar-refractivity contribution in [1.29, 1.82) is 0 Å². The maximum atomic E-state index is 14.1. The second kappa shape index (κ2) is 7.80. The lowest BCUT2D eigenvalue weighted by Gasteiger charge is -2.35. The summed E-state index contributed by atoms with van der Waals surface area (Å²) < 4.78 is 19.0. The second-order valence-electron chi connectivity index (χ2n) is 6.69. The zero-order valence-electron chi connectivity index (χ0n) is 15.7. The summed E-state index contributed by atoms with van der Waals surface area (Å²) in [6.07, 6.45) is 1.28. The maximum absolute atomic E-state index is 14.1. The number of benzene rings is 2. The van der Waals surface area contributed by atoms with Gasteiger partial charge in [-0.3, -0.25) is 19.7 Å². The zero-order chi connectivity index (χ0) is 20.3. The molecule has 146 valence electrons. The quantitative estimate of drug-likeness (QED) is 0.776. The first kappa shape index (κ1) is 19.5. The molecule has 2 aromatic rings. The van der Waals surface area contributed by atoms with Gasteiger partial charge in [-0.05, 0) is 42.7 Å². The molecular formula is C21H21FN2O4. The molecule has 2 N–H and O–H groups in total. The third kappa shape index (κ3) is 3.60. The fourth-order valence-corrected chi connectivity index (χ4v) is 3.44. The van der Waals surface area contributed by atoms with Crippen LogP contribution in [0.5, 0.6) is 5.75 Å². The number of imide groups is 1. The Morgan fingerprint density at radius 1 is 1.21 bits per heavy atom. The number of hydrogen-bond donors (Lipinski definition) is 2. The predicted octanol–water partition coefficient (Wildman–Crippen LogP) is 3.17. The highest BCUT2D eigenvalue weighted by molar-refractivity contribution is 6.05. The van der Waals surface area contributed by atoms with Crippen LogP contribution in [0, 0.1) is 5.82 Å². The highest BCUT2D eigenvalue weighted by atomic mass is 19.1. The minimum atomic E-state index is -0.765. The average Bonchev–Trinajstić information content (AvgIpc) is 2.69. The third-order valence-corrected chi connectivity index (χ3v) is 5.19. The van der Waals surface area contributed by atoms with E-state index in [4.69, 9.17) is 4.74 Å². The molecule has 28 heavy (non-hydrogen) atoms. The van der Waals surface area contributed by atoms with Crippen LogP contribution in [0.4, 0.5) is 10.1 Å². The molecule has 1 fully saturated rings. The van der Waals surface area contributed by atoms with E-state index in [0.717, 1.165) is 11.6 Å². The Morgan fingerprint density at radius 2 is 1.93 bits per heavy atom. The first-order chi connectivity index (χ1) is 13.4. The summed E-state index contributed by atoms with van der Waals surface area (Å²) in [5, 5.41) is 5.05. The first-order valence-electron chi connectivity index (χ1n) is 8.99. The summed E-state index contributed by atoms with van der Waals surface area (Å²) >= 11 is 0. The Morgan fingerprint density at radius 3 is 2.50 bits per heavy atom. The van der Waals surface area contributed by atoms with Gasteiger partial charge in [0.05, 0.1) is 18.1 Å². The van der Waals surface area contributed by atoms with Gasteiger partial charge in [0.25, 0.3) is 5.91 Å². The second-order valence-corrected chi connectivity index (χ2v) is 6.69. The monoisotopic (exact) mass is 384 g/mol. The summed E-state index contributed by atoms with van der Waals surface area (Å²) in [7, 11) is 1.42. The van der Waals surface area contributed by atoms with Crippen LogP contribution in [-0.2, 0) is 15.0 Å². The van der Waals surface area contributed by atoms with Gasteiger partial charge < -0.3 is 10.1 Å². The minimum Gasteiger partial charge on any atom is -0.497 e. The van der Waals surface area contributed by atoms with Crippen molar-refractivity contribution in [3.8, 4) is 5.75 Å². The molecule has 0 saturated carbocycles. The number of rotatable bonds is 5. The van der Waals surface area contributed by atoms with Gasteiger partial charge in [-0.25, -0.2) is 4.39 Å². The highest BCUT2D eigenvalue weighted by Crippen LogP contribution is 2.36. The van der Waals surface area contributed by atoms with Crippen molar-refractivity contribution in [3.05, 3.63) is 59.4 Å². The summed E-state index contributed by atoms with van der Waals surface area (Å²) in [5.74, 6) is -1.50. The number of anilines is 1. The van der Waals surface area contributed by atoms with Gasteiger partial charge in [0.15, 0.2) is 0 Å². The molecule has 0 bridgehead atoms. The molecule has 0 radical (unpaired) electrons. The standard InChI is InChI=1S/C21H21FN2O4/c1-3-21(11-10-18(25)24-20(21)27)13-4-6-14(7-5-13)23-19(26)16-9-8-15(28-2)12-17(16)22/h4-9,12H,3,10-11H2,1-2H3,(H,23,26)(H,24,25,27). The number of halogens is 1. The van der Waals surface area contributed by atoms with Crippen LogP contribution in [0.1, 0.15) is 42.1 Å². The number of piperidine rings is 1. The van der Waals surface area contributed by atoms with Crippen LogP contribution in [0.25, 0.3) is 0 Å². The molecule has 2 aromatic carbocycles. The van der Waals surface area contributed by atoms with Crippen molar-refractivity contribution >= 4 is 23.4 Å². The molecule has 0 aliphatic carbocycles. The number of amides is 3. The number of carbonyl (C=O) groups is 3. The lowest BCUT2D eigenvalue weighted by molar-refractivity contribution is -0.138. The van der Waals surface area contributed by atoms with E-state index >= 15 is 0 Å². The Labute approximate surface area is 162 Å². The van der Waals surface area contributed by atoms with Crippen LogP contribution >= 0.6 is 0 Å². The van der Waals surface area contributed by atoms with E-state index in [1.807, 2.05) is 6.92 Å². The van der Waals surface area contributed by atoms with E-state index in [1.54, 1.807) is 24.3 Å². The number of nitrogens with one attached hydrogen (secondary N) is 2. The normalized spacial score (nSPS) is 19.1. The Balaban J connectivity index is 1.78. The molecule has 1 atom stereocenters. The van der Waals surface area contributed by atoms with Crippen molar-refractivity contribution in [1.82, 2.24) is 5.32 Å². The predicted molar refractivity (Wildman–Crippen MR) is 102 cm³/mol. The van der Waals surface area contributed by atoms with E-state index in [9.17, 15) is 18.8 Å². The van der Waals surface area contributed by atoms with Crippen LogP contribution in [0.2, 0.25) is 0 Å². The summed E-state index contributed by atoms with van der Waals surface area (Å²) in [6, 6.07) is 10.8. The number of methoxy groups -OCH3 is 1. The van der Waals surface area contributed by atoms with Crippen molar-refractivity contribution in [3.63, 3.8) is 0 Å². The van der Waals surface area contributed by atoms with E-state index < -0.39 is 17.1 Å². The van der Waals surface area contributed by atoms with Crippen molar-refractivity contribution < 1.29 is 23.5 Å². The molecule has 1 heterocycles. The fourth-order valence-electron chi connectivity index (χ4n) is 3.44. The van der Waals surface area contributed by atoms with Gasteiger partial charge in [-0.2, -0.15) is 0 Å². The van der Waals surface area contributed by atoms with E-state index in [-0.39, 0.29) is 23.8 Å². The van der Waals surface area contributed by atoms with Crippen LogP contribution < -0.4 is 15.4 Å². The molecule has 0 spiro atoms. The smallest absolute Gasteiger partial charge is 0.258 e. The summed E-state index contributed by atoms with van der Waals surface area (Å²) in [4.78, 5) is 36.2. The molecule has 3 amide bonds. The fraction of sp³-hybridized carbons (Fsp3) is 0.286. The van der Waals surface area contributed by atoms with Gasteiger partial charge in [0.2, 0.25) is 11.8 Å². The number of hydrogen-bond acceptors (Lipinski definition) is 4. The third-order valence-electron chi connectivity index (χ3n) is 5.19. The SMILES string of the molecule is CCC1(c2ccc(NC(=O)c3ccc(OC)cc3F)cc2)CCC(=O)NC1=O. The largest absolute Gasteiger partial charge is 0.497 e. The van der Waals surface area contributed by atoms with Gasteiger partial charge in [-0.1, -0.05) is 19.1 Å².